The lowest BCUT2D eigenvalue weighted by molar-refractivity contribution is -0.389. The Morgan fingerprint density at radius 1 is 1.56 bits per heavy atom. The molecule has 1 aromatic rings. The molecule has 1 aliphatic heterocycles. The number of aromatic nitrogens is 2. The summed E-state index contributed by atoms with van der Waals surface area (Å²) in [6.45, 7) is 7.89. The average molecular weight is 274 g/mol. The van der Waals surface area contributed by atoms with Crippen LogP contribution in [-0.4, -0.2) is 25.9 Å². The Hall–Kier alpha value is -1.14. The molecule has 6 nitrogen and oxygen atoms in total. The predicted molar refractivity (Wildman–Crippen MR) is 66.8 cm³/mol. The second-order valence-corrected chi connectivity index (χ2v) is 6.13. The van der Waals surface area contributed by atoms with Crippen LogP contribution in [0.5, 0.6) is 0 Å². The molecule has 1 aromatic heterocycles. The van der Waals surface area contributed by atoms with Gasteiger partial charge in [-0.3, -0.25) is 0 Å². The van der Waals surface area contributed by atoms with E-state index in [2.05, 4.69) is 5.10 Å². The Kier molecular flexibility index (Phi) is 2.90. The number of rotatable bonds is 2. The van der Waals surface area contributed by atoms with E-state index in [0.717, 1.165) is 6.42 Å². The zero-order chi connectivity index (χ0) is 13.7. The monoisotopic (exact) mass is 273 g/mol. The van der Waals surface area contributed by atoms with Crippen LogP contribution in [0.25, 0.3) is 0 Å². The molecule has 0 radical (unpaired) electrons. The first-order valence-corrected chi connectivity index (χ1v) is 6.09. The van der Waals surface area contributed by atoms with Gasteiger partial charge in [0.25, 0.3) is 0 Å². The molecule has 0 spiro atoms. The normalized spacial score (nSPS) is 25.3. The summed E-state index contributed by atoms with van der Waals surface area (Å²) in [5.41, 5.74) is -0.714. The Bertz CT molecular complexity index is 496. The predicted octanol–water partition coefficient (Wildman–Crippen LogP) is 2.96. The van der Waals surface area contributed by atoms with Crippen LogP contribution in [0.3, 0.4) is 0 Å². The average Bonchev–Trinajstić information content (AvgIpc) is 2.63. The largest absolute Gasteiger partial charge is 0.408 e. The van der Waals surface area contributed by atoms with Gasteiger partial charge in [0.1, 0.15) is 6.04 Å². The summed E-state index contributed by atoms with van der Waals surface area (Å²) in [4.78, 5) is 10.2. The van der Waals surface area contributed by atoms with Crippen LogP contribution in [-0.2, 0) is 4.74 Å². The lowest BCUT2D eigenvalue weighted by Crippen LogP contribution is -2.31. The molecule has 0 amide bonds. The molecule has 0 aliphatic carbocycles. The molecule has 0 aromatic carbocycles. The Morgan fingerprint density at radius 2 is 2.17 bits per heavy atom. The molecule has 0 N–H and O–H groups in total. The Morgan fingerprint density at radius 3 is 2.56 bits per heavy atom. The summed E-state index contributed by atoms with van der Waals surface area (Å²) in [5.74, 6) is -0.308. The number of ether oxygens (including phenoxy) is 1. The van der Waals surface area contributed by atoms with Gasteiger partial charge in [-0.1, -0.05) is 11.6 Å². The second-order valence-electron chi connectivity index (χ2n) is 5.72. The summed E-state index contributed by atoms with van der Waals surface area (Å²) in [6, 6.07) is -0.0706. The Balaban J connectivity index is 2.38. The zero-order valence-corrected chi connectivity index (χ0v) is 11.6. The molecule has 2 rings (SSSR count). The number of hydrogen-bond donors (Lipinski definition) is 0. The van der Waals surface area contributed by atoms with Crippen LogP contribution >= 0.6 is 11.6 Å². The zero-order valence-electron chi connectivity index (χ0n) is 10.8. The topological polar surface area (TPSA) is 70.2 Å². The first-order valence-electron chi connectivity index (χ1n) is 5.72. The summed E-state index contributed by atoms with van der Waals surface area (Å²) in [5, 5.41) is 14.8. The highest BCUT2D eigenvalue weighted by atomic mass is 35.5. The fourth-order valence-corrected chi connectivity index (χ4v) is 2.80. The van der Waals surface area contributed by atoms with E-state index >= 15 is 0 Å². The van der Waals surface area contributed by atoms with Crippen molar-refractivity contribution in [3.8, 4) is 0 Å². The molecule has 18 heavy (non-hydrogen) atoms. The third kappa shape index (κ3) is 2.22. The maximum absolute atomic E-state index is 10.8. The van der Waals surface area contributed by atoms with Gasteiger partial charge in [0.2, 0.25) is 0 Å². The van der Waals surface area contributed by atoms with Gasteiger partial charge in [0.15, 0.2) is 5.02 Å². The van der Waals surface area contributed by atoms with E-state index in [1.807, 2.05) is 27.7 Å². The van der Waals surface area contributed by atoms with Crippen LogP contribution in [0.4, 0.5) is 5.82 Å². The summed E-state index contributed by atoms with van der Waals surface area (Å²) >= 11 is 5.82. The van der Waals surface area contributed by atoms with E-state index in [-0.39, 0.29) is 22.5 Å². The molecule has 2 heterocycles. The minimum atomic E-state index is -0.577. The molecule has 1 atom stereocenters. The quantitative estimate of drug-likeness (QED) is 0.613. The van der Waals surface area contributed by atoms with Crippen molar-refractivity contribution in [2.24, 2.45) is 0 Å². The van der Waals surface area contributed by atoms with Crippen LogP contribution in [0.2, 0.25) is 5.02 Å². The van der Waals surface area contributed by atoms with Gasteiger partial charge in [-0.15, -0.1) is 0 Å². The maximum Gasteiger partial charge on any atom is 0.408 e. The highest BCUT2D eigenvalue weighted by Gasteiger charge is 2.49. The van der Waals surface area contributed by atoms with Gasteiger partial charge >= 0.3 is 5.82 Å². The summed E-state index contributed by atoms with van der Waals surface area (Å²) in [6.07, 6.45) is 2.23. The standard InChI is InChI=1S/C11H16ClN3O3/c1-10(2)5-8(11(3,4)18-10)14-6-7(12)9(13-14)15(16)17/h6,8H,5H2,1-4H3. The van der Waals surface area contributed by atoms with Crippen molar-refractivity contribution in [3.05, 3.63) is 21.3 Å². The smallest absolute Gasteiger partial charge is 0.367 e. The minimum Gasteiger partial charge on any atom is -0.367 e. The van der Waals surface area contributed by atoms with Crippen molar-refractivity contribution in [1.82, 2.24) is 9.78 Å². The highest BCUT2D eigenvalue weighted by molar-refractivity contribution is 6.32. The van der Waals surface area contributed by atoms with Crippen molar-refractivity contribution in [2.75, 3.05) is 0 Å². The second kappa shape index (κ2) is 3.93. The molecular weight excluding hydrogens is 258 g/mol. The third-order valence-electron chi connectivity index (χ3n) is 3.19. The van der Waals surface area contributed by atoms with Crippen molar-refractivity contribution >= 4 is 17.4 Å². The van der Waals surface area contributed by atoms with E-state index in [4.69, 9.17) is 16.3 Å². The number of nitrogens with zero attached hydrogens (tertiary/aromatic N) is 3. The molecule has 0 saturated carbocycles. The van der Waals surface area contributed by atoms with Crippen LogP contribution in [0, 0.1) is 10.1 Å². The van der Waals surface area contributed by atoms with Crippen molar-refractivity contribution in [1.29, 1.82) is 0 Å². The van der Waals surface area contributed by atoms with Gasteiger partial charge in [0, 0.05) is 6.42 Å². The number of nitro groups is 1. The fourth-order valence-electron chi connectivity index (χ4n) is 2.59. The van der Waals surface area contributed by atoms with Gasteiger partial charge in [-0.05, 0) is 32.6 Å². The van der Waals surface area contributed by atoms with Gasteiger partial charge in [0.05, 0.1) is 22.5 Å². The summed E-state index contributed by atoms with van der Waals surface area (Å²) < 4.78 is 7.49. The van der Waals surface area contributed by atoms with Gasteiger partial charge in [-0.2, -0.15) is 4.68 Å². The Labute approximate surface area is 110 Å². The number of halogens is 1. The van der Waals surface area contributed by atoms with Crippen LogP contribution in [0.1, 0.15) is 40.2 Å². The minimum absolute atomic E-state index is 0.0560. The first-order chi connectivity index (χ1) is 8.12. The molecule has 100 valence electrons. The SMILES string of the molecule is CC1(C)CC(n2cc(Cl)c([N+](=O)[O-])n2)C(C)(C)O1. The van der Waals surface area contributed by atoms with Crippen molar-refractivity contribution in [3.63, 3.8) is 0 Å². The van der Waals surface area contributed by atoms with E-state index in [0.29, 0.717) is 0 Å². The molecule has 1 unspecified atom stereocenters. The third-order valence-corrected chi connectivity index (χ3v) is 3.46. The van der Waals surface area contributed by atoms with E-state index in [1.165, 1.54) is 6.20 Å². The van der Waals surface area contributed by atoms with Gasteiger partial charge in [-0.25, -0.2) is 0 Å². The van der Waals surface area contributed by atoms with Gasteiger partial charge < -0.3 is 14.9 Å². The molecule has 1 saturated heterocycles. The van der Waals surface area contributed by atoms with E-state index in [9.17, 15) is 10.1 Å². The molecule has 1 aliphatic rings. The van der Waals surface area contributed by atoms with Crippen molar-refractivity contribution in [2.45, 2.75) is 51.4 Å². The van der Waals surface area contributed by atoms with E-state index < -0.39 is 10.5 Å². The number of hydrogen-bond acceptors (Lipinski definition) is 4. The summed E-state index contributed by atoms with van der Waals surface area (Å²) in [7, 11) is 0. The van der Waals surface area contributed by atoms with E-state index in [1.54, 1.807) is 4.68 Å². The lowest BCUT2D eigenvalue weighted by Gasteiger charge is -2.25. The van der Waals surface area contributed by atoms with Crippen LogP contribution < -0.4 is 0 Å². The molecule has 1 fully saturated rings. The maximum atomic E-state index is 10.8. The molecule has 0 bridgehead atoms. The fraction of sp³-hybridized carbons (Fsp3) is 0.727. The highest BCUT2D eigenvalue weighted by Crippen LogP contribution is 2.45. The molecular formula is C11H16ClN3O3. The first kappa shape index (κ1) is 13.3. The van der Waals surface area contributed by atoms with Crippen LogP contribution in [0.15, 0.2) is 6.20 Å². The van der Waals surface area contributed by atoms with Crippen molar-refractivity contribution < 1.29 is 9.66 Å². The molecule has 7 heteroatoms. The lowest BCUT2D eigenvalue weighted by atomic mass is 9.95.